The zero-order chi connectivity index (χ0) is 38.4. The third-order valence-electron chi connectivity index (χ3n) is 10.0. The van der Waals surface area contributed by atoms with Gasteiger partial charge in [-0.2, -0.15) is 0 Å². The van der Waals surface area contributed by atoms with Crippen molar-refractivity contribution in [2.45, 2.75) is 66.3 Å². The third kappa shape index (κ3) is 6.63. The summed E-state index contributed by atoms with van der Waals surface area (Å²) in [6.07, 6.45) is 2.11. The van der Waals surface area contributed by atoms with Crippen LogP contribution in [0.25, 0.3) is 22.3 Å². The maximum Gasteiger partial charge on any atom is 0.336 e. The Morgan fingerprint density at radius 2 is 1.15 bits per heavy atom. The zero-order valence-corrected chi connectivity index (χ0v) is 32.8. The van der Waals surface area contributed by atoms with Gasteiger partial charge in [-0.05, 0) is 75.1 Å². The number of nitrogens with zero attached hydrogens (tertiary/aromatic N) is 3. The van der Waals surface area contributed by atoms with Crippen molar-refractivity contribution in [3.8, 4) is 33.8 Å². The van der Waals surface area contributed by atoms with Crippen molar-refractivity contribution in [3.63, 3.8) is 0 Å². The van der Waals surface area contributed by atoms with E-state index < -0.39 is 37.5 Å². The van der Waals surface area contributed by atoms with E-state index in [0.29, 0.717) is 22.1 Å². The lowest BCUT2D eigenvalue weighted by Crippen LogP contribution is -2.55. The van der Waals surface area contributed by atoms with Crippen molar-refractivity contribution in [1.29, 1.82) is 0 Å². The minimum Gasteiger partial charge on any atom is -0.439 e. The molecule has 0 saturated carbocycles. The Labute approximate surface area is 313 Å². The summed E-state index contributed by atoms with van der Waals surface area (Å²) in [5.74, 6) is 0.971. The molecule has 3 unspecified atom stereocenters. The van der Waals surface area contributed by atoms with Gasteiger partial charge in [0.2, 0.25) is 0 Å². The van der Waals surface area contributed by atoms with Gasteiger partial charge < -0.3 is 9.05 Å². The van der Waals surface area contributed by atoms with Crippen LogP contribution < -0.4 is 36.7 Å². The van der Waals surface area contributed by atoms with Crippen LogP contribution in [-0.2, 0) is 28.8 Å². The molecule has 5 aromatic rings. The number of aromatic nitrogens is 3. The monoisotopic (exact) mass is 763 g/mol. The predicted molar refractivity (Wildman–Crippen MR) is 215 cm³/mol. The second-order valence-electron chi connectivity index (χ2n) is 14.3. The molecule has 1 aromatic heterocycles. The van der Waals surface area contributed by atoms with Gasteiger partial charge >= 0.3 is 17.1 Å². The van der Waals surface area contributed by atoms with E-state index in [0.717, 1.165) is 52.7 Å². The molecule has 0 radical (unpaired) electrons. The molecule has 2 aliphatic heterocycles. The lowest BCUT2D eigenvalue weighted by molar-refractivity contribution is 0.431. The first-order valence-electron chi connectivity index (χ1n) is 18.0. The van der Waals surface area contributed by atoms with Crippen LogP contribution in [0.5, 0.6) is 11.5 Å². The first-order chi connectivity index (χ1) is 25.8. The van der Waals surface area contributed by atoms with Crippen LogP contribution in [0.15, 0.2) is 134 Å². The third-order valence-corrected chi connectivity index (χ3v) is 15.4. The van der Waals surface area contributed by atoms with Crippen molar-refractivity contribution in [2.24, 2.45) is 0 Å². The Kier molecular flexibility index (Phi) is 10.0. The highest BCUT2D eigenvalue weighted by Gasteiger charge is 2.41. The second-order valence-corrected chi connectivity index (χ2v) is 19.5. The summed E-state index contributed by atoms with van der Waals surface area (Å²) < 4.78 is 45.0. The summed E-state index contributed by atoms with van der Waals surface area (Å²) in [5, 5.41) is 1.09. The Morgan fingerprint density at radius 3 is 1.76 bits per heavy atom. The molecule has 0 amide bonds. The van der Waals surface area contributed by atoms with E-state index in [1.165, 1.54) is 0 Å². The molecular weight excluding hydrogens is 720 g/mol. The van der Waals surface area contributed by atoms with E-state index in [1.807, 2.05) is 94.4 Å². The molecule has 0 spiro atoms. The van der Waals surface area contributed by atoms with E-state index in [9.17, 15) is 23.5 Å². The molecule has 3 atom stereocenters. The van der Waals surface area contributed by atoms with Crippen molar-refractivity contribution < 1.29 is 18.2 Å². The van der Waals surface area contributed by atoms with Gasteiger partial charge in [-0.1, -0.05) is 96.9 Å². The average Bonchev–Trinajstić information content (AvgIpc) is 3.16. The summed E-state index contributed by atoms with van der Waals surface area (Å²) >= 11 is 0. The molecule has 54 heavy (non-hydrogen) atoms. The quantitative estimate of drug-likeness (QED) is 0.106. The minimum absolute atomic E-state index is 0.0516. The molecule has 0 N–H and O–H groups in total. The highest BCUT2D eigenvalue weighted by atomic mass is 31.2. The van der Waals surface area contributed by atoms with E-state index in [1.54, 1.807) is 43.3 Å². The van der Waals surface area contributed by atoms with Gasteiger partial charge in [-0.15, -0.1) is 0 Å². The number of hydrogen-bond donors (Lipinski definition) is 0. The fourth-order valence-electron chi connectivity index (χ4n) is 7.25. The van der Waals surface area contributed by atoms with E-state index >= 15 is 0 Å². The van der Waals surface area contributed by atoms with Crippen molar-refractivity contribution in [3.05, 3.63) is 151 Å². The molecule has 278 valence electrons. The SMILES string of the molecule is CC(C)=CC(Cn1c(=O)n(CCCP2(=O)Oc3ccccc3-c3ccccc32)c(=O)n(CC(C)P2(=O)Oc3ccccc3-c3ccccc32)c1=O)=C(C)C. The second kappa shape index (κ2) is 14.6. The van der Waals surface area contributed by atoms with Crippen molar-refractivity contribution in [2.75, 3.05) is 6.16 Å². The average molecular weight is 764 g/mol. The van der Waals surface area contributed by atoms with E-state index in [4.69, 9.17) is 9.05 Å². The Bertz CT molecular complexity index is 2640. The number of hydrogen-bond acceptors (Lipinski definition) is 7. The highest BCUT2D eigenvalue weighted by Crippen LogP contribution is 2.58. The number of fused-ring (bicyclic) bond motifs is 6. The minimum atomic E-state index is -3.71. The van der Waals surface area contributed by atoms with Crippen LogP contribution in [0.4, 0.5) is 0 Å². The topological polar surface area (TPSA) is 119 Å². The van der Waals surface area contributed by atoms with Crippen molar-refractivity contribution >= 4 is 25.3 Å². The lowest BCUT2D eigenvalue weighted by atomic mass is 10.0. The fourth-order valence-corrected chi connectivity index (χ4v) is 12.0. The van der Waals surface area contributed by atoms with Gasteiger partial charge in [0.05, 0.1) is 22.8 Å². The van der Waals surface area contributed by atoms with Crippen molar-refractivity contribution in [1.82, 2.24) is 13.7 Å². The molecule has 12 heteroatoms. The van der Waals surface area contributed by atoms with Crippen LogP contribution in [0.3, 0.4) is 0 Å². The van der Waals surface area contributed by atoms with E-state index in [-0.39, 0.29) is 32.2 Å². The lowest BCUT2D eigenvalue weighted by Gasteiger charge is -2.32. The summed E-state index contributed by atoms with van der Waals surface area (Å²) in [4.78, 5) is 42.8. The Morgan fingerprint density at radius 1 is 0.648 bits per heavy atom. The van der Waals surface area contributed by atoms with Gasteiger partial charge in [0.25, 0.3) is 14.7 Å². The molecule has 2 aliphatic rings. The van der Waals surface area contributed by atoms with Crippen LogP contribution >= 0.6 is 14.7 Å². The molecule has 0 aliphatic carbocycles. The van der Waals surface area contributed by atoms with Crippen LogP contribution in [0.2, 0.25) is 0 Å². The highest BCUT2D eigenvalue weighted by molar-refractivity contribution is 7.68. The fraction of sp³-hybridized carbons (Fsp3) is 0.262. The van der Waals surface area contributed by atoms with Crippen LogP contribution in [-0.4, -0.2) is 25.5 Å². The Hall–Kier alpha value is -5.17. The van der Waals surface area contributed by atoms with E-state index in [2.05, 4.69) is 0 Å². The number of para-hydroxylation sites is 2. The number of rotatable bonds is 10. The first-order valence-corrected chi connectivity index (χ1v) is 21.5. The molecule has 3 heterocycles. The molecule has 7 rings (SSSR count). The molecule has 0 fully saturated rings. The van der Waals surface area contributed by atoms with Gasteiger partial charge in [0, 0.05) is 30.4 Å². The maximum atomic E-state index is 15.0. The van der Waals surface area contributed by atoms with Crippen LogP contribution in [0.1, 0.15) is 41.0 Å². The van der Waals surface area contributed by atoms with Gasteiger partial charge in [-0.3, -0.25) is 9.13 Å². The maximum absolute atomic E-state index is 15.0. The number of allylic oxidation sites excluding steroid dienone is 4. The smallest absolute Gasteiger partial charge is 0.336 e. The molecule has 0 bridgehead atoms. The van der Waals surface area contributed by atoms with Gasteiger partial charge in [-0.25, -0.2) is 28.1 Å². The zero-order valence-electron chi connectivity index (χ0n) is 31.0. The predicted octanol–water partition coefficient (Wildman–Crippen LogP) is 7.58. The normalized spacial score (nSPS) is 18.5. The Balaban J connectivity index is 1.27. The van der Waals surface area contributed by atoms with Gasteiger partial charge in [0.1, 0.15) is 11.5 Å². The summed E-state index contributed by atoms with van der Waals surface area (Å²) in [5.41, 5.74) is 2.63. The largest absolute Gasteiger partial charge is 0.439 e. The molecular formula is C42H43N3O7P2. The standard InChI is InChI=1S/C42H43N3O7P2/c1-28(2)25-31(29(3)4)27-45-41(47)43(23-14-24-53(49)38-21-12-8-17-34(38)32-15-6-10-19-36(32)51-53)40(46)44(42(45)48)26-30(5)54(50)39-22-13-9-18-35(39)33-16-7-11-20-37(33)52-54/h6-13,15-22,25,30H,14,23-24,26-27H2,1-5H3. The first kappa shape index (κ1) is 37.2. The summed E-state index contributed by atoms with van der Waals surface area (Å²) in [6, 6.07) is 29.5. The molecule has 0 saturated heterocycles. The number of benzene rings is 4. The summed E-state index contributed by atoms with van der Waals surface area (Å²) in [6.45, 7) is 8.88. The van der Waals surface area contributed by atoms with Crippen LogP contribution in [0, 0.1) is 0 Å². The summed E-state index contributed by atoms with van der Waals surface area (Å²) in [7, 11) is -7.17. The molecule has 10 nitrogen and oxygen atoms in total. The molecule has 4 aromatic carbocycles. The van der Waals surface area contributed by atoms with Gasteiger partial charge in [0.15, 0.2) is 0 Å².